The quantitative estimate of drug-likeness (QED) is 0.136. The number of nitrogens with zero attached hydrogens (tertiary/aromatic N) is 2. The molecule has 1 atom stereocenters. The fraction of sp³-hybridized carbons (Fsp3) is 0.256. The van der Waals surface area contributed by atoms with Crippen LogP contribution in [0.1, 0.15) is 64.4 Å². The minimum Gasteiger partial charge on any atom is -0.508 e. The summed E-state index contributed by atoms with van der Waals surface area (Å²) in [5.41, 5.74) is 5.98. The van der Waals surface area contributed by atoms with Gasteiger partial charge in [-0.05, 0) is 90.2 Å². The van der Waals surface area contributed by atoms with E-state index in [0.717, 1.165) is 34.3 Å². The fourth-order valence-electron chi connectivity index (χ4n) is 6.51. The maximum absolute atomic E-state index is 15.6. The summed E-state index contributed by atoms with van der Waals surface area (Å²) in [7, 11) is 1.87. The Morgan fingerprint density at radius 1 is 0.898 bits per heavy atom. The largest absolute Gasteiger partial charge is 0.508 e. The van der Waals surface area contributed by atoms with Gasteiger partial charge in [0.2, 0.25) is 11.8 Å². The van der Waals surface area contributed by atoms with Crippen molar-refractivity contribution in [3.63, 3.8) is 0 Å². The Morgan fingerprint density at radius 2 is 1.51 bits per heavy atom. The number of fused-ring (bicyclic) bond motifs is 1. The molecule has 4 aromatic carbocycles. The second-order valence-electron chi connectivity index (χ2n) is 12.4. The Kier molecular flexibility index (Phi) is 9.77. The van der Waals surface area contributed by atoms with E-state index >= 15 is 4.39 Å². The third kappa shape index (κ3) is 7.19. The average Bonchev–Trinajstić information content (AvgIpc) is 3.42. The van der Waals surface area contributed by atoms with Crippen molar-refractivity contribution in [2.45, 2.75) is 45.3 Å². The molecule has 10 heteroatoms. The van der Waals surface area contributed by atoms with Crippen LogP contribution in [0.4, 0.5) is 4.39 Å². The van der Waals surface area contributed by atoms with Crippen molar-refractivity contribution in [2.75, 3.05) is 20.2 Å². The molecule has 49 heavy (non-hydrogen) atoms. The van der Waals surface area contributed by atoms with E-state index in [0.29, 0.717) is 31.0 Å². The van der Waals surface area contributed by atoms with Crippen molar-refractivity contribution in [1.29, 1.82) is 0 Å². The smallest absolute Gasteiger partial charge is 0.255 e. The average molecular weight is 664 g/mol. The van der Waals surface area contributed by atoms with Crippen molar-refractivity contribution in [1.82, 2.24) is 15.1 Å². The van der Waals surface area contributed by atoms with Crippen LogP contribution in [0.3, 0.4) is 0 Å². The molecule has 2 aliphatic rings. The molecule has 0 bridgehead atoms. The first-order valence-corrected chi connectivity index (χ1v) is 16.3. The van der Waals surface area contributed by atoms with Gasteiger partial charge in [0, 0.05) is 36.2 Å². The zero-order valence-electron chi connectivity index (χ0n) is 27.4. The van der Waals surface area contributed by atoms with Gasteiger partial charge in [-0.25, -0.2) is 4.39 Å². The molecule has 9 nitrogen and oxygen atoms in total. The van der Waals surface area contributed by atoms with E-state index in [4.69, 9.17) is 4.74 Å². The molecule has 2 heterocycles. The molecule has 1 unspecified atom stereocenters. The predicted octanol–water partition coefficient (Wildman–Crippen LogP) is 5.88. The van der Waals surface area contributed by atoms with E-state index in [9.17, 15) is 24.6 Å². The molecular weight excluding hydrogens is 625 g/mol. The third-order valence-electron chi connectivity index (χ3n) is 9.08. The Morgan fingerprint density at radius 3 is 2.12 bits per heavy atom. The van der Waals surface area contributed by atoms with Crippen molar-refractivity contribution in [3.05, 3.63) is 124 Å². The summed E-state index contributed by atoms with van der Waals surface area (Å²) in [5, 5.41) is 22.0. The highest BCUT2D eigenvalue weighted by Gasteiger charge is 2.40. The number of carbonyl (C=O) groups excluding carboxylic acids is 3. The number of hydrogen-bond donors (Lipinski definition) is 3. The van der Waals surface area contributed by atoms with Gasteiger partial charge >= 0.3 is 0 Å². The highest BCUT2D eigenvalue weighted by molar-refractivity contribution is 6.05. The highest BCUT2D eigenvalue weighted by Crippen LogP contribution is 2.36. The van der Waals surface area contributed by atoms with E-state index in [1.54, 1.807) is 36.4 Å². The number of amides is 3. The summed E-state index contributed by atoms with van der Waals surface area (Å²) in [6.07, 6.45) is 1.10. The number of aromatic hydroxyl groups is 2. The van der Waals surface area contributed by atoms with Crippen molar-refractivity contribution < 1.29 is 33.7 Å². The van der Waals surface area contributed by atoms with E-state index in [-0.39, 0.29) is 47.9 Å². The lowest BCUT2D eigenvalue weighted by molar-refractivity contribution is -0.136. The van der Waals surface area contributed by atoms with Gasteiger partial charge < -0.3 is 19.8 Å². The highest BCUT2D eigenvalue weighted by atomic mass is 19.1. The molecule has 2 aliphatic heterocycles. The number of ether oxygens (including phenoxy) is 1. The first kappa shape index (κ1) is 33.4. The summed E-state index contributed by atoms with van der Waals surface area (Å²) in [4.78, 5) is 40.2. The van der Waals surface area contributed by atoms with Gasteiger partial charge in [-0.2, -0.15) is 0 Å². The number of phenolic OH excluding ortho intramolecular Hbond substituents is 2. The summed E-state index contributed by atoms with van der Waals surface area (Å²) >= 11 is 0. The second-order valence-corrected chi connectivity index (χ2v) is 12.4. The molecular formula is C39H38FN3O6. The van der Waals surface area contributed by atoms with E-state index < -0.39 is 23.7 Å². The Bertz CT molecular complexity index is 1910. The lowest BCUT2D eigenvalue weighted by Gasteiger charge is -2.29. The number of imide groups is 1. The number of benzene rings is 4. The van der Waals surface area contributed by atoms with Crippen LogP contribution >= 0.6 is 0 Å². The molecule has 4 aromatic rings. The van der Waals surface area contributed by atoms with Crippen LogP contribution in [0.2, 0.25) is 0 Å². The lowest BCUT2D eigenvalue weighted by atomic mass is 9.88. The Balaban J connectivity index is 1.10. The number of allylic oxidation sites excluding steroid dienone is 1. The van der Waals surface area contributed by atoms with Gasteiger partial charge in [0.1, 0.15) is 35.7 Å². The van der Waals surface area contributed by atoms with Crippen LogP contribution in [0.15, 0.2) is 84.9 Å². The third-order valence-corrected chi connectivity index (χ3v) is 9.08. The van der Waals surface area contributed by atoms with E-state index in [1.165, 1.54) is 4.90 Å². The SMILES string of the molecule is CC/C(=C(/c1ccc(O)cc1)c1ccc(OCCN(C)Cc2ccc3c(c2F)CN(C2CCC(=O)NC2=O)C3=O)cc1)c1ccc(O)cc1. The minimum absolute atomic E-state index is 0.0126. The fourth-order valence-corrected chi connectivity index (χ4v) is 6.51. The Hall–Kier alpha value is -5.48. The van der Waals surface area contributed by atoms with Gasteiger partial charge in [0.15, 0.2) is 0 Å². The zero-order valence-corrected chi connectivity index (χ0v) is 27.4. The minimum atomic E-state index is -0.794. The Labute approximate surface area is 284 Å². The predicted molar refractivity (Wildman–Crippen MR) is 183 cm³/mol. The summed E-state index contributed by atoms with van der Waals surface area (Å²) < 4.78 is 21.7. The number of halogens is 1. The topological polar surface area (TPSA) is 119 Å². The van der Waals surface area contributed by atoms with Crippen LogP contribution in [-0.2, 0) is 22.7 Å². The van der Waals surface area contributed by atoms with E-state index in [2.05, 4.69) is 12.2 Å². The first-order valence-electron chi connectivity index (χ1n) is 16.3. The van der Waals surface area contributed by atoms with Crippen LogP contribution in [0.5, 0.6) is 17.2 Å². The monoisotopic (exact) mass is 663 g/mol. The number of carbonyl (C=O) groups is 3. The summed E-state index contributed by atoms with van der Waals surface area (Å²) in [5.74, 6) is -0.691. The molecule has 0 saturated carbocycles. The number of hydrogen-bond acceptors (Lipinski definition) is 7. The number of likely N-dealkylation sites (N-methyl/N-ethyl adjacent to an activating group) is 1. The normalized spacial score (nSPS) is 16.4. The zero-order chi connectivity index (χ0) is 34.7. The molecule has 0 aromatic heterocycles. The van der Waals surface area contributed by atoms with Crippen molar-refractivity contribution >= 4 is 28.9 Å². The lowest BCUT2D eigenvalue weighted by Crippen LogP contribution is -2.52. The maximum Gasteiger partial charge on any atom is 0.255 e. The summed E-state index contributed by atoms with van der Waals surface area (Å²) in [6.45, 7) is 3.24. The van der Waals surface area contributed by atoms with Gasteiger partial charge in [0.05, 0.1) is 6.54 Å². The molecule has 0 aliphatic carbocycles. The van der Waals surface area contributed by atoms with Crippen LogP contribution in [-0.4, -0.2) is 64.0 Å². The first-order chi connectivity index (χ1) is 23.6. The van der Waals surface area contributed by atoms with Crippen molar-refractivity contribution in [3.8, 4) is 17.2 Å². The van der Waals surface area contributed by atoms with Crippen LogP contribution in [0, 0.1) is 5.82 Å². The molecule has 1 saturated heterocycles. The van der Waals surface area contributed by atoms with Crippen molar-refractivity contribution in [2.24, 2.45) is 0 Å². The number of piperidine rings is 1. The van der Waals surface area contributed by atoms with Gasteiger partial charge in [0.25, 0.3) is 5.91 Å². The molecule has 1 fully saturated rings. The van der Waals surface area contributed by atoms with Crippen LogP contribution in [0.25, 0.3) is 11.1 Å². The molecule has 252 valence electrons. The van der Waals surface area contributed by atoms with Gasteiger partial charge in [-0.15, -0.1) is 0 Å². The summed E-state index contributed by atoms with van der Waals surface area (Å²) in [6, 6.07) is 24.5. The molecule has 3 N–H and O–H groups in total. The second kappa shape index (κ2) is 14.3. The number of nitrogens with one attached hydrogen (secondary N) is 1. The van der Waals surface area contributed by atoms with Gasteiger partial charge in [-0.1, -0.05) is 49.4 Å². The van der Waals surface area contributed by atoms with Gasteiger partial charge in [-0.3, -0.25) is 24.6 Å². The number of rotatable bonds is 11. The van der Waals surface area contributed by atoms with Crippen LogP contribution < -0.4 is 10.1 Å². The maximum atomic E-state index is 15.6. The molecule has 3 amide bonds. The molecule has 6 rings (SSSR count). The molecule has 0 radical (unpaired) electrons. The number of phenols is 2. The molecule has 0 spiro atoms. The van der Waals surface area contributed by atoms with E-state index in [1.807, 2.05) is 60.5 Å². The standard InChI is InChI=1S/C39H38FN3O6/c1-3-31(24-4-11-28(44)12-5-24)36(25-6-13-29(45)14-7-25)26-8-15-30(16-9-26)49-21-20-42(2)22-27-10-17-32-33(37(27)40)23-43(39(32)48)34-18-19-35(46)41-38(34)47/h4-17,34,44-45H,3,18-23H2,1-2H3,(H,41,46,47)/b36-31+.